The number of hydrogen-bond acceptors (Lipinski definition) is 4. The first-order chi connectivity index (χ1) is 15.3. The summed E-state index contributed by atoms with van der Waals surface area (Å²) in [6.45, 7) is 5.88. The van der Waals surface area contributed by atoms with E-state index in [2.05, 4.69) is 20.6 Å². The van der Waals surface area contributed by atoms with Crippen LogP contribution in [-0.4, -0.2) is 27.6 Å². The number of allylic oxidation sites excluding steroid dienone is 1. The number of carbonyl (C=O) groups excluding carboxylic acids is 1. The van der Waals surface area contributed by atoms with Gasteiger partial charge < -0.3 is 14.3 Å². The number of nitriles is 1. The van der Waals surface area contributed by atoms with Crippen LogP contribution >= 0.6 is 0 Å². The van der Waals surface area contributed by atoms with Crippen LogP contribution in [0.1, 0.15) is 38.7 Å². The summed E-state index contributed by atoms with van der Waals surface area (Å²) >= 11 is 0. The van der Waals surface area contributed by atoms with Gasteiger partial charge in [0.25, 0.3) is 0 Å². The van der Waals surface area contributed by atoms with Gasteiger partial charge >= 0.3 is 5.97 Å². The first-order valence-corrected chi connectivity index (χ1v) is 9.98. The molecule has 0 spiro atoms. The minimum Gasteiger partial charge on any atom is -0.465 e. The highest BCUT2D eigenvalue weighted by atomic mass is 19.1. The van der Waals surface area contributed by atoms with E-state index in [1.54, 1.807) is 24.3 Å². The number of imidazole rings is 1. The van der Waals surface area contributed by atoms with Gasteiger partial charge in [-0.3, -0.25) is 0 Å². The van der Waals surface area contributed by atoms with Crippen LogP contribution in [0.2, 0.25) is 0 Å². The Morgan fingerprint density at radius 3 is 2.66 bits per heavy atom. The van der Waals surface area contributed by atoms with Crippen molar-refractivity contribution in [2.45, 2.75) is 20.8 Å². The fraction of sp³-hybridized carbons (Fsp3) is 0.160. The van der Waals surface area contributed by atoms with E-state index in [9.17, 15) is 14.4 Å². The molecule has 0 atom stereocenters. The number of hydrogen-bond donors (Lipinski definition) is 1. The van der Waals surface area contributed by atoms with Crippen molar-refractivity contribution in [2.75, 3.05) is 7.11 Å². The molecule has 0 saturated carbocycles. The Hall–Kier alpha value is -4.18. The number of esters is 1. The lowest BCUT2D eigenvalue weighted by Crippen LogP contribution is -2.05. The van der Waals surface area contributed by atoms with Crippen LogP contribution in [0, 0.1) is 37.9 Å². The smallest absolute Gasteiger partial charge is 0.337 e. The Kier molecular flexibility index (Phi) is 5.37. The van der Waals surface area contributed by atoms with Gasteiger partial charge in [-0.05, 0) is 80.4 Å². The minimum atomic E-state index is -0.381. The standard InChI is InChI=1S/C25H21FN4O2/c1-14-9-17(25(31)32-4)5-8-23(14)30-15(2)10-18(16(30)3)11-19(13-27)24-28-21-7-6-20(26)12-22(21)29-24/h5-12H,1-4H3,(H,28,29)/b19-11-. The molecule has 7 heteroatoms. The van der Waals surface area contributed by atoms with Gasteiger partial charge in [-0.15, -0.1) is 0 Å². The molecule has 0 aliphatic heterocycles. The van der Waals surface area contributed by atoms with Gasteiger partial charge in [0, 0.05) is 17.1 Å². The number of aryl methyl sites for hydroxylation is 2. The third-order valence-electron chi connectivity index (χ3n) is 5.45. The number of benzene rings is 2. The Balaban J connectivity index is 1.77. The van der Waals surface area contributed by atoms with Crippen LogP contribution in [0.3, 0.4) is 0 Å². The third-order valence-corrected chi connectivity index (χ3v) is 5.45. The molecule has 0 bridgehead atoms. The van der Waals surface area contributed by atoms with Gasteiger partial charge in [-0.1, -0.05) is 0 Å². The molecule has 0 radical (unpaired) electrons. The summed E-state index contributed by atoms with van der Waals surface area (Å²) in [6, 6.07) is 13.9. The summed E-state index contributed by atoms with van der Waals surface area (Å²) < 4.78 is 20.4. The van der Waals surface area contributed by atoms with Crippen molar-refractivity contribution in [3.8, 4) is 11.8 Å². The van der Waals surface area contributed by atoms with E-state index in [0.717, 1.165) is 28.2 Å². The number of aromatic amines is 1. The molecule has 4 rings (SSSR count). The highest BCUT2D eigenvalue weighted by Crippen LogP contribution is 2.27. The summed E-state index contributed by atoms with van der Waals surface area (Å²) in [5.41, 5.74) is 6.60. The van der Waals surface area contributed by atoms with Crippen molar-refractivity contribution >= 4 is 28.7 Å². The van der Waals surface area contributed by atoms with Gasteiger partial charge in [0.1, 0.15) is 17.7 Å². The van der Waals surface area contributed by atoms with E-state index in [4.69, 9.17) is 4.74 Å². The van der Waals surface area contributed by atoms with Crippen LogP contribution in [-0.2, 0) is 4.74 Å². The van der Waals surface area contributed by atoms with E-state index in [1.807, 2.05) is 32.9 Å². The lowest BCUT2D eigenvalue weighted by atomic mass is 10.1. The summed E-state index contributed by atoms with van der Waals surface area (Å²) in [4.78, 5) is 19.3. The Bertz CT molecular complexity index is 1440. The number of nitrogens with one attached hydrogen (secondary N) is 1. The molecule has 0 aliphatic rings. The predicted octanol–water partition coefficient (Wildman–Crippen LogP) is 5.27. The Morgan fingerprint density at radius 1 is 1.19 bits per heavy atom. The Morgan fingerprint density at radius 2 is 1.97 bits per heavy atom. The van der Waals surface area contributed by atoms with Gasteiger partial charge in [0.2, 0.25) is 0 Å². The molecule has 6 nitrogen and oxygen atoms in total. The molecule has 2 heterocycles. The normalized spacial score (nSPS) is 11.6. The number of carbonyl (C=O) groups is 1. The molecule has 0 unspecified atom stereocenters. The second kappa shape index (κ2) is 8.16. The van der Waals surface area contributed by atoms with Gasteiger partial charge in [-0.2, -0.15) is 5.26 Å². The molecular formula is C25H21FN4O2. The van der Waals surface area contributed by atoms with E-state index >= 15 is 0 Å². The molecule has 32 heavy (non-hydrogen) atoms. The van der Waals surface area contributed by atoms with E-state index in [-0.39, 0.29) is 11.8 Å². The van der Waals surface area contributed by atoms with Gasteiger partial charge in [0.15, 0.2) is 0 Å². The monoisotopic (exact) mass is 428 g/mol. The molecule has 0 fully saturated rings. The topological polar surface area (TPSA) is 83.7 Å². The Labute approximate surface area is 184 Å². The largest absolute Gasteiger partial charge is 0.465 e. The zero-order valence-electron chi connectivity index (χ0n) is 18.2. The first-order valence-electron chi connectivity index (χ1n) is 9.98. The number of halogens is 1. The maximum atomic E-state index is 13.5. The van der Waals surface area contributed by atoms with E-state index in [0.29, 0.717) is 28.0 Å². The van der Waals surface area contributed by atoms with Crippen molar-refractivity contribution in [2.24, 2.45) is 0 Å². The van der Waals surface area contributed by atoms with Crippen molar-refractivity contribution in [1.82, 2.24) is 14.5 Å². The van der Waals surface area contributed by atoms with Gasteiger partial charge in [-0.25, -0.2) is 14.2 Å². The first kappa shape index (κ1) is 21.1. The van der Waals surface area contributed by atoms with Crippen LogP contribution in [0.4, 0.5) is 4.39 Å². The zero-order valence-corrected chi connectivity index (χ0v) is 18.2. The fourth-order valence-electron chi connectivity index (χ4n) is 3.87. The number of fused-ring (bicyclic) bond motifs is 1. The zero-order chi connectivity index (χ0) is 23.0. The number of aromatic nitrogens is 3. The van der Waals surface area contributed by atoms with E-state index in [1.165, 1.54) is 19.2 Å². The summed E-state index contributed by atoms with van der Waals surface area (Å²) in [5, 5.41) is 9.75. The number of nitrogens with zero attached hydrogens (tertiary/aromatic N) is 3. The molecule has 4 aromatic rings. The molecule has 1 N–H and O–H groups in total. The van der Waals surface area contributed by atoms with E-state index < -0.39 is 0 Å². The quantitative estimate of drug-likeness (QED) is 0.355. The van der Waals surface area contributed by atoms with Crippen LogP contribution in [0.25, 0.3) is 28.4 Å². The maximum Gasteiger partial charge on any atom is 0.337 e. The number of ether oxygens (including phenoxy) is 1. The molecule has 160 valence electrons. The summed E-state index contributed by atoms with van der Waals surface area (Å²) in [6.07, 6.45) is 1.77. The van der Waals surface area contributed by atoms with Crippen LogP contribution in [0.5, 0.6) is 0 Å². The predicted molar refractivity (Wildman–Crippen MR) is 121 cm³/mol. The van der Waals surface area contributed by atoms with Crippen molar-refractivity contribution in [3.05, 3.63) is 82.2 Å². The SMILES string of the molecule is COC(=O)c1ccc(-n2c(C)cc(/C=C(/C#N)c3nc4ccc(F)cc4[nH]3)c2C)c(C)c1. The second-order valence-corrected chi connectivity index (χ2v) is 7.57. The average molecular weight is 428 g/mol. The highest BCUT2D eigenvalue weighted by molar-refractivity contribution is 5.91. The molecule has 2 aromatic carbocycles. The molecule has 0 aliphatic carbocycles. The molecule has 0 saturated heterocycles. The molecule has 0 amide bonds. The fourth-order valence-corrected chi connectivity index (χ4v) is 3.87. The van der Waals surface area contributed by atoms with Crippen LogP contribution < -0.4 is 0 Å². The lowest BCUT2D eigenvalue weighted by Gasteiger charge is -2.14. The highest BCUT2D eigenvalue weighted by Gasteiger charge is 2.15. The molecular weight excluding hydrogens is 407 g/mol. The van der Waals surface area contributed by atoms with Crippen molar-refractivity contribution in [1.29, 1.82) is 5.26 Å². The van der Waals surface area contributed by atoms with Gasteiger partial charge in [0.05, 0.1) is 29.3 Å². The molecule has 2 aromatic heterocycles. The van der Waals surface area contributed by atoms with Crippen molar-refractivity contribution in [3.63, 3.8) is 0 Å². The average Bonchev–Trinajstić information content (AvgIpc) is 3.31. The number of rotatable bonds is 4. The summed E-state index contributed by atoms with van der Waals surface area (Å²) in [7, 11) is 1.36. The lowest BCUT2D eigenvalue weighted by molar-refractivity contribution is 0.0600. The number of H-pyrrole nitrogens is 1. The third kappa shape index (κ3) is 3.67. The van der Waals surface area contributed by atoms with Crippen LogP contribution in [0.15, 0.2) is 42.5 Å². The maximum absolute atomic E-state index is 13.5. The minimum absolute atomic E-state index is 0.347. The van der Waals surface area contributed by atoms with Crippen molar-refractivity contribution < 1.29 is 13.9 Å². The number of methoxy groups -OCH3 is 1. The second-order valence-electron chi connectivity index (χ2n) is 7.57. The summed E-state index contributed by atoms with van der Waals surface area (Å²) in [5.74, 6) is -0.363.